The molecule has 5 heteroatoms. The lowest BCUT2D eigenvalue weighted by Gasteiger charge is -1.97. The summed E-state index contributed by atoms with van der Waals surface area (Å²) in [5.41, 5.74) is 0. The molecule has 1 rings (SSSR count). The number of hydrogen-bond donors (Lipinski definition) is 0. The van der Waals surface area contributed by atoms with E-state index in [1.54, 1.807) is 0 Å². The zero-order valence-electron chi connectivity index (χ0n) is 5.25. The van der Waals surface area contributed by atoms with Gasteiger partial charge in [0, 0.05) is 0 Å². The second-order valence-corrected chi connectivity index (χ2v) is 2.07. The minimum absolute atomic E-state index is 0.0227. The fraction of sp³-hybridized carbons (Fsp3) is 0.400. The van der Waals surface area contributed by atoms with E-state index in [0.29, 0.717) is 0 Å². The fourth-order valence-electron chi connectivity index (χ4n) is 0.480. The number of alkyl halides is 1. The molecule has 0 N–H and O–H groups in total. The van der Waals surface area contributed by atoms with E-state index in [1.807, 2.05) is 0 Å². The quantitative estimate of drug-likeness (QED) is 0.628. The summed E-state index contributed by atoms with van der Waals surface area (Å²) in [7, 11) is 0. The summed E-state index contributed by atoms with van der Waals surface area (Å²) in [6, 6.07) is 0. The van der Waals surface area contributed by atoms with Crippen LogP contribution in [0.1, 0.15) is 18.9 Å². The number of aromatic nitrogens is 3. The van der Waals surface area contributed by atoms with E-state index in [1.165, 1.54) is 13.3 Å². The molecule has 54 valence electrons. The maximum absolute atomic E-state index is 12.4. The van der Waals surface area contributed by atoms with Crippen LogP contribution in [0.2, 0.25) is 5.28 Å². The number of nitrogens with zero attached hydrogens (tertiary/aromatic N) is 3. The Bertz CT molecular complexity index is 228. The summed E-state index contributed by atoms with van der Waals surface area (Å²) < 4.78 is 12.4. The van der Waals surface area contributed by atoms with Crippen molar-refractivity contribution in [1.82, 2.24) is 15.0 Å². The van der Waals surface area contributed by atoms with Crippen LogP contribution in [0.5, 0.6) is 0 Å². The Balaban J connectivity index is 2.96. The van der Waals surface area contributed by atoms with Crippen LogP contribution in [-0.2, 0) is 0 Å². The third kappa shape index (κ3) is 1.60. The first kappa shape index (κ1) is 7.34. The van der Waals surface area contributed by atoms with Gasteiger partial charge in [-0.15, -0.1) is 0 Å². The van der Waals surface area contributed by atoms with Crippen molar-refractivity contribution in [3.05, 3.63) is 17.4 Å². The van der Waals surface area contributed by atoms with Gasteiger partial charge in [-0.3, -0.25) is 0 Å². The third-order valence-corrected chi connectivity index (χ3v) is 1.10. The molecule has 0 radical (unpaired) electrons. The summed E-state index contributed by atoms with van der Waals surface area (Å²) in [6.45, 7) is 1.34. The molecule has 10 heavy (non-hydrogen) atoms. The average Bonchev–Trinajstić information content (AvgIpc) is 1.88. The van der Waals surface area contributed by atoms with Gasteiger partial charge in [0.1, 0.15) is 6.33 Å². The molecular weight excluding hydrogens is 157 g/mol. The molecule has 1 aromatic heterocycles. The van der Waals surface area contributed by atoms with Crippen molar-refractivity contribution < 1.29 is 4.39 Å². The molecule has 0 fully saturated rings. The monoisotopic (exact) mass is 161 g/mol. The van der Waals surface area contributed by atoms with Gasteiger partial charge in [0.25, 0.3) is 0 Å². The Morgan fingerprint density at radius 1 is 1.60 bits per heavy atom. The van der Waals surface area contributed by atoms with E-state index >= 15 is 0 Å². The molecule has 1 aromatic rings. The predicted octanol–water partition coefficient (Wildman–Crippen LogP) is 1.56. The highest BCUT2D eigenvalue weighted by atomic mass is 35.5. The zero-order chi connectivity index (χ0) is 7.56. The van der Waals surface area contributed by atoms with Crippen molar-refractivity contribution in [3.63, 3.8) is 0 Å². The Morgan fingerprint density at radius 2 is 2.30 bits per heavy atom. The third-order valence-electron chi connectivity index (χ3n) is 0.917. The van der Waals surface area contributed by atoms with Crippen LogP contribution in [-0.4, -0.2) is 15.0 Å². The van der Waals surface area contributed by atoms with Gasteiger partial charge in [0.2, 0.25) is 5.28 Å². The molecule has 1 heterocycles. The first-order chi connectivity index (χ1) is 4.70. The van der Waals surface area contributed by atoms with E-state index in [-0.39, 0.29) is 11.1 Å². The van der Waals surface area contributed by atoms with Crippen LogP contribution in [0.25, 0.3) is 0 Å². The highest BCUT2D eigenvalue weighted by Gasteiger charge is 2.05. The molecule has 3 nitrogen and oxygen atoms in total. The Morgan fingerprint density at radius 3 is 2.70 bits per heavy atom. The first-order valence-corrected chi connectivity index (χ1v) is 3.06. The van der Waals surface area contributed by atoms with Crippen LogP contribution < -0.4 is 0 Å². The van der Waals surface area contributed by atoms with Crippen molar-refractivity contribution in [3.8, 4) is 0 Å². The Labute approximate surface area is 62.3 Å². The van der Waals surface area contributed by atoms with Gasteiger partial charge in [0.15, 0.2) is 12.0 Å². The lowest BCUT2D eigenvalue weighted by atomic mass is 10.4. The van der Waals surface area contributed by atoms with E-state index in [9.17, 15) is 4.39 Å². The van der Waals surface area contributed by atoms with E-state index in [0.717, 1.165) is 0 Å². The van der Waals surface area contributed by atoms with Gasteiger partial charge in [-0.1, -0.05) is 0 Å². The standard InChI is InChI=1S/C5H5ClFN3/c1-3(7)4-8-2-9-5(6)10-4/h2-3H,1H3. The van der Waals surface area contributed by atoms with Crippen molar-refractivity contribution in [2.24, 2.45) is 0 Å². The van der Waals surface area contributed by atoms with Crippen LogP contribution in [0.4, 0.5) is 4.39 Å². The lowest BCUT2D eigenvalue weighted by molar-refractivity contribution is 0.355. The first-order valence-electron chi connectivity index (χ1n) is 2.68. The molecule has 0 aromatic carbocycles. The normalized spacial score (nSPS) is 13.1. The van der Waals surface area contributed by atoms with Gasteiger partial charge in [0.05, 0.1) is 0 Å². The largest absolute Gasteiger partial charge is 0.239 e. The van der Waals surface area contributed by atoms with E-state index < -0.39 is 6.17 Å². The maximum atomic E-state index is 12.4. The molecule has 1 atom stereocenters. The molecule has 0 amide bonds. The van der Waals surface area contributed by atoms with Crippen molar-refractivity contribution >= 4 is 11.6 Å². The van der Waals surface area contributed by atoms with Gasteiger partial charge in [-0.25, -0.2) is 14.4 Å². The number of halogens is 2. The second kappa shape index (κ2) is 2.88. The minimum atomic E-state index is -1.19. The highest BCUT2D eigenvalue weighted by Crippen LogP contribution is 2.10. The average molecular weight is 162 g/mol. The van der Waals surface area contributed by atoms with Gasteiger partial charge in [-0.2, -0.15) is 4.98 Å². The molecule has 0 aliphatic heterocycles. The smallest absolute Gasteiger partial charge is 0.225 e. The number of rotatable bonds is 1. The zero-order valence-corrected chi connectivity index (χ0v) is 6.01. The predicted molar refractivity (Wildman–Crippen MR) is 34.4 cm³/mol. The van der Waals surface area contributed by atoms with Crippen molar-refractivity contribution in [1.29, 1.82) is 0 Å². The van der Waals surface area contributed by atoms with Crippen molar-refractivity contribution in [2.45, 2.75) is 13.1 Å². The molecule has 1 unspecified atom stereocenters. The summed E-state index contributed by atoms with van der Waals surface area (Å²) in [5, 5.41) is 0.0227. The molecule has 0 spiro atoms. The molecule has 0 bridgehead atoms. The second-order valence-electron chi connectivity index (χ2n) is 1.73. The van der Waals surface area contributed by atoms with Gasteiger partial charge in [-0.05, 0) is 18.5 Å². The molecule has 0 saturated carbocycles. The summed E-state index contributed by atoms with van der Waals surface area (Å²) in [4.78, 5) is 10.6. The summed E-state index contributed by atoms with van der Waals surface area (Å²) in [6.07, 6.45) is -0.0127. The van der Waals surface area contributed by atoms with Crippen LogP contribution in [0.3, 0.4) is 0 Å². The van der Waals surface area contributed by atoms with Crippen LogP contribution in [0, 0.1) is 0 Å². The summed E-state index contributed by atoms with van der Waals surface area (Å²) >= 11 is 5.36. The van der Waals surface area contributed by atoms with Crippen molar-refractivity contribution in [2.75, 3.05) is 0 Å². The van der Waals surface area contributed by atoms with Crippen LogP contribution >= 0.6 is 11.6 Å². The topological polar surface area (TPSA) is 38.7 Å². The molecule has 0 aliphatic rings. The molecule has 0 saturated heterocycles. The lowest BCUT2D eigenvalue weighted by Crippen LogP contribution is -1.96. The Hall–Kier alpha value is -0.770. The van der Waals surface area contributed by atoms with Crippen LogP contribution in [0.15, 0.2) is 6.33 Å². The van der Waals surface area contributed by atoms with Gasteiger partial charge < -0.3 is 0 Å². The molecular formula is C5H5ClFN3. The Kier molecular flexibility index (Phi) is 2.11. The maximum Gasteiger partial charge on any atom is 0.225 e. The van der Waals surface area contributed by atoms with E-state index in [4.69, 9.17) is 11.6 Å². The highest BCUT2D eigenvalue weighted by molar-refractivity contribution is 6.28. The SMILES string of the molecule is CC(F)c1ncnc(Cl)n1. The number of hydrogen-bond acceptors (Lipinski definition) is 3. The molecule has 0 aliphatic carbocycles. The van der Waals surface area contributed by atoms with Gasteiger partial charge >= 0.3 is 0 Å². The van der Waals surface area contributed by atoms with E-state index in [2.05, 4.69) is 15.0 Å². The summed E-state index contributed by atoms with van der Waals surface area (Å²) in [5.74, 6) is 0.0694. The minimum Gasteiger partial charge on any atom is -0.239 e. The fourth-order valence-corrected chi connectivity index (χ4v) is 0.610.